The maximum absolute atomic E-state index is 2.32. The van der Waals surface area contributed by atoms with E-state index in [2.05, 4.69) is 92.7 Å². The molecular formula is C18H21N. The van der Waals surface area contributed by atoms with Crippen LogP contribution >= 0.6 is 0 Å². The first-order valence-electron chi connectivity index (χ1n) is 6.67. The van der Waals surface area contributed by atoms with Crippen LogP contribution in [0.2, 0.25) is 0 Å². The van der Waals surface area contributed by atoms with Gasteiger partial charge in [-0.1, -0.05) is 66.7 Å². The predicted molar refractivity (Wildman–Crippen MR) is 83.1 cm³/mol. The fourth-order valence-corrected chi connectivity index (χ4v) is 1.98. The van der Waals surface area contributed by atoms with E-state index in [9.17, 15) is 0 Å². The summed E-state index contributed by atoms with van der Waals surface area (Å²) in [5.41, 5.74) is 3.83. The highest BCUT2D eigenvalue weighted by Gasteiger charge is 2.08. The Kier molecular flexibility index (Phi) is 4.53. The molecule has 98 valence electrons. The van der Waals surface area contributed by atoms with Crippen molar-refractivity contribution in [1.29, 1.82) is 0 Å². The van der Waals surface area contributed by atoms with Gasteiger partial charge in [0.1, 0.15) is 0 Å². The summed E-state index contributed by atoms with van der Waals surface area (Å²) >= 11 is 0. The van der Waals surface area contributed by atoms with Crippen LogP contribution in [0.3, 0.4) is 0 Å². The highest BCUT2D eigenvalue weighted by Crippen LogP contribution is 2.24. The summed E-state index contributed by atoms with van der Waals surface area (Å²) in [6.45, 7) is 2.21. The molecule has 0 aliphatic rings. The second-order valence-corrected chi connectivity index (χ2v) is 5.02. The van der Waals surface area contributed by atoms with Gasteiger partial charge in [0.2, 0.25) is 0 Å². The molecule has 0 bridgehead atoms. The maximum Gasteiger partial charge on any atom is 0.0252 e. The Morgan fingerprint density at radius 1 is 0.842 bits per heavy atom. The fourth-order valence-electron chi connectivity index (χ4n) is 1.98. The standard InChI is InChI=1S/C18H21N/c1-15(19(2)3)14-18(16-10-6-4-7-11-16)17-12-8-5-9-13-17/h4-15H,1-3H3/t15-/m1/s1. The molecule has 0 N–H and O–H groups in total. The van der Waals surface area contributed by atoms with Crippen LogP contribution in [0.5, 0.6) is 0 Å². The van der Waals surface area contributed by atoms with Gasteiger partial charge in [0.15, 0.2) is 0 Å². The minimum absolute atomic E-state index is 0.399. The summed E-state index contributed by atoms with van der Waals surface area (Å²) in [6.07, 6.45) is 2.32. The largest absolute Gasteiger partial charge is 0.303 e. The molecule has 1 heteroatoms. The zero-order valence-corrected chi connectivity index (χ0v) is 11.9. The first-order valence-corrected chi connectivity index (χ1v) is 6.67. The van der Waals surface area contributed by atoms with Crippen LogP contribution in [0.25, 0.3) is 5.57 Å². The van der Waals surface area contributed by atoms with E-state index in [1.165, 1.54) is 16.7 Å². The van der Waals surface area contributed by atoms with E-state index in [0.29, 0.717) is 6.04 Å². The second-order valence-electron chi connectivity index (χ2n) is 5.02. The monoisotopic (exact) mass is 251 g/mol. The Morgan fingerprint density at radius 3 is 1.63 bits per heavy atom. The zero-order valence-electron chi connectivity index (χ0n) is 11.9. The first kappa shape index (κ1) is 13.6. The van der Waals surface area contributed by atoms with Gasteiger partial charge in [0.05, 0.1) is 0 Å². The topological polar surface area (TPSA) is 3.24 Å². The Bertz CT molecular complexity index is 485. The van der Waals surface area contributed by atoms with Crippen molar-refractivity contribution in [2.24, 2.45) is 0 Å². The van der Waals surface area contributed by atoms with Crippen molar-refractivity contribution in [2.75, 3.05) is 14.1 Å². The molecule has 0 heterocycles. The Hall–Kier alpha value is -1.86. The van der Waals surface area contributed by atoms with Crippen molar-refractivity contribution in [3.8, 4) is 0 Å². The third-order valence-corrected chi connectivity index (χ3v) is 3.39. The van der Waals surface area contributed by atoms with Crippen molar-refractivity contribution in [2.45, 2.75) is 13.0 Å². The fraction of sp³-hybridized carbons (Fsp3) is 0.222. The highest BCUT2D eigenvalue weighted by molar-refractivity contribution is 5.80. The molecule has 0 aromatic heterocycles. The quantitative estimate of drug-likeness (QED) is 0.792. The van der Waals surface area contributed by atoms with Gasteiger partial charge in [0.25, 0.3) is 0 Å². The first-order chi connectivity index (χ1) is 9.18. The number of likely N-dealkylation sites (N-methyl/N-ethyl adjacent to an activating group) is 1. The van der Waals surface area contributed by atoms with Crippen LogP contribution in [0.15, 0.2) is 66.7 Å². The lowest BCUT2D eigenvalue weighted by Gasteiger charge is -2.18. The Labute approximate surface area is 116 Å². The van der Waals surface area contributed by atoms with E-state index < -0.39 is 0 Å². The number of hydrogen-bond donors (Lipinski definition) is 0. The molecular weight excluding hydrogens is 230 g/mol. The molecule has 0 fully saturated rings. The molecule has 1 nitrogen and oxygen atoms in total. The molecule has 2 rings (SSSR count). The maximum atomic E-state index is 2.32. The summed E-state index contributed by atoms with van der Waals surface area (Å²) in [6, 6.07) is 21.5. The van der Waals surface area contributed by atoms with E-state index in [1.54, 1.807) is 0 Å². The molecule has 19 heavy (non-hydrogen) atoms. The van der Waals surface area contributed by atoms with E-state index >= 15 is 0 Å². The summed E-state index contributed by atoms with van der Waals surface area (Å²) in [4.78, 5) is 2.21. The molecule has 0 unspecified atom stereocenters. The minimum Gasteiger partial charge on any atom is -0.303 e. The summed E-state index contributed by atoms with van der Waals surface area (Å²) in [7, 11) is 4.21. The Morgan fingerprint density at radius 2 is 1.26 bits per heavy atom. The van der Waals surface area contributed by atoms with Crippen molar-refractivity contribution < 1.29 is 0 Å². The van der Waals surface area contributed by atoms with Crippen LogP contribution < -0.4 is 0 Å². The van der Waals surface area contributed by atoms with Gasteiger partial charge in [-0.15, -0.1) is 0 Å². The lowest BCUT2D eigenvalue weighted by atomic mass is 9.96. The third kappa shape index (κ3) is 3.55. The van der Waals surface area contributed by atoms with E-state index in [-0.39, 0.29) is 0 Å². The molecule has 0 aliphatic carbocycles. The average Bonchev–Trinajstić information content (AvgIpc) is 2.46. The molecule has 0 saturated carbocycles. The zero-order chi connectivity index (χ0) is 13.7. The molecule has 1 atom stereocenters. The van der Waals surface area contributed by atoms with Crippen molar-refractivity contribution in [1.82, 2.24) is 4.90 Å². The van der Waals surface area contributed by atoms with Gasteiger partial charge < -0.3 is 4.90 Å². The van der Waals surface area contributed by atoms with Gasteiger partial charge in [-0.3, -0.25) is 0 Å². The molecule has 0 aliphatic heterocycles. The lowest BCUT2D eigenvalue weighted by Crippen LogP contribution is -2.22. The molecule has 2 aromatic rings. The predicted octanol–water partition coefficient (Wildman–Crippen LogP) is 4.07. The van der Waals surface area contributed by atoms with E-state index in [0.717, 1.165) is 0 Å². The van der Waals surface area contributed by atoms with Crippen molar-refractivity contribution >= 4 is 5.57 Å². The van der Waals surface area contributed by atoms with Gasteiger partial charge >= 0.3 is 0 Å². The number of nitrogens with zero attached hydrogens (tertiary/aromatic N) is 1. The van der Waals surface area contributed by atoms with Crippen LogP contribution in [0.1, 0.15) is 18.1 Å². The average molecular weight is 251 g/mol. The smallest absolute Gasteiger partial charge is 0.0252 e. The molecule has 0 amide bonds. The minimum atomic E-state index is 0.399. The molecule has 2 aromatic carbocycles. The lowest BCUT2D eigenvalue weighted by molar-refractivity contribution is 0.364. The molecule has 0 spiro atoms. The normalized spacial score (nSPS) is 12.2. The highest BCUT2D eigenvalue weighted by atomic mass is 15.1. The summed E-state index contributed by atoms with van der Waals surface area (Å²) in [5, 5.41) is 0. The van der Waals surface area contributed by atoms with Gasteiger partial charge in [-0.05, 0) is 37.7 Å². The van der Waals surface area contributed by atoms with Crippen molar-refractivity contribution in [3.63, 3.8) is 0 Å². The van der Waals surface area contributed by atoms with Gasteiger partial charge in [-0.25, -0.2) is 0 Å². The SMILES string of the molecule is C[C@H](C=C(c1ccccc1)c1ccccc1)N(C)C. The summed E-state index contributed by atoms with van der Waals surface area (Å²) in [5.74, 6) is 0. The van der Waals surface area contributed by atoms with Crippen LogP contribution in [0, 0.1) is 0 Å². The van der Waals surface area contributed by atoms with Crippen LogP contribution in [-0.2, 0) is 0 Å². The van der Waals surface area contributed by atoms with E-state index in [1.807, 2.05) is 0 Å². The summed E-state index contributed by atoms with van der Waals surface area (Å²) < 4.78 is 0. The van der Waals surface area contributed by atoms with Gasteiger partial charge in [0, 0.05) is 6.04 Å². The molecule has 0 saturated heterocycles. The van der Waals surface area contributed by atoms with Crippen LogP contribution in [0.4, 0.5) is 0 Å². The second kappa shape index (κ2) is 6.35. The Balaban J connectivity index is 2.46. The van der Waals surface area contributed by atoms with Crippen molar-refractivity contribution in [3.05, 3.63) is 77.9 Å². The number of benzene rings is 2. The third-order valence-electron chi connectivity index (χ3n) is 3.39. The number of rotatable bonds is 4. The van der Waals surface area contributed by atoms with Gasteiger partial charge in [-0.2, -0.15) is 0 Å². The van der Waals surface area contributed by atoms with Crippen LogP contribution in [-0.4, -0.2) is 25.0 Å². The molecule has 0 radical (unpaired) electrons. The van der Waals surface area contributed by atoms with E-state index in [4.69, 9.17) is 0 Å². The number of hydrogen-bond acceptors (Lipinski definition) is 1.